The van der Waals surface area contributed by atoms with Gasteiger partial charge in [-0.25, -0.2) is 10.2 Å². The lowest BCUT2D eigenvalue weighted by molar-refractivity contribution is -0.137. The second-order valence-corrected chi connectivity index (χ2v) is 5.56. The summed E-state index contributed by atoms with van der Waals surface area (Å²) in [7, 11) is 0. The maximum Gasteiger partial charge on any atom is 0.407 e. The van der Waals surface area contributed by atoms with Crippen molar-refractivity contribution in [2.45, 2.75) is 52.2 Å². The highest BCUT2D eigenvalue weighted by atomic mass is 16.6. The number of ether oxygens (including phenoxy) is 1. The van der Waals surface area contributed by atoms with E-state index in [4.69, 9.17) is 4.74 Å². The van der Waals surface area contributed by atoms with Gasteiger partial charge in [-0.1, -0.05) is 0 Å². The van der Waals surface area contributed by atoms with E-state index in [-0.39, 0.29) is 11.9 Å². The Morgan fingerprint density at radius 1 is 1.56 bits per heavy atom. The minimum absolute atomic E-state index is 0.0686. The van der Waals surface area contributed by atoms with E-state index in [0.717, 1.165) is 13.0 Å². The van der Waals surface area contributed by atoms with Gasteiger partial charge in [0, 0.05) is 19.0 Å². The monoisotopic (exact) mass is 257 g/mol. The van der Waals surface area contributed by atoms with Gasteiger partial charge in [-0.15, -0.1) is 0 Å². The summed E-state index contributed by atoms with van der Waals surface area (Å²) in [4.78, 5) is 23.1. The van der Waals surface area contributed by atoms with E-state index >= 15 is 0 Å². The fourth-order valence-corrected chi connectivity index (χ4v) is 1.67. The van der Waals surface area contributed by atoms with Gasteiger partial charge >= 0.3 is 6.09 Å². The molecule has 0 spiro atoms. The summed E-state index contributed by atoms with van der Waals surface area (Å²) in [6, 6.07) is -0.158. The third-order valence-electron chi connectivity index (χ3n) is 2.39. The van der Waals surface area contributed by atoms with Gasteiger partial charge in [0.25, 0.3) is 0 Å². The molecule has 0 aliphatic carbocycles. The first-order chi connectivity index (χ1) is 8.28. The molecule has 1 rings (SSSR count). The largest absolute Gasteiger partial charge is 0.444 e. The van der Waals surface area contributed by atoms with Gasteiger partial charge < -0.3 is 10.1 Å². The molecule has 1 aliphatic heterocycles. The van der Waals surface area contributed by atoms with Crippen LogP contribution in [0.4, 0.5) is 4.79 Å². The Bertz CT molecular complexity index is 312. The molecule has 2 N–H and O–H groups in total. The Balaban J connectivity index is 2.34. The van der Waals surface area contributed by atoms with E-state index in [1.807, 2.05) is 27.7 Å². The van der Waals surface area contributed by atoms with Crippen molar-refractivity contribution < 1.29 is 14.3 Å². The molecule has 1 fully saturated rings. The second kappa shape index (κ2) is 6.04. The summed E-state index contributed by atoms with van der Waals surface area (Å²) in [5.74, 6) is 0.0686. The Labute approximate surface area is 108 Å². The number of carbonyl (C=O) groups is 2. The third-order valence-corrected chi connectivity index (χ3v) is 2.39. The maximum atomic E-state index is 11.6. The van der Waals surface area contributed by atoms with Crippen LogP contribution >= 0.6 is 0 Å². The van der Waals surface area contributed by atoms with Crippen LogP contribution in [0.25, 0.3) is 0 Å². The highest BCUT2D eigenvalue weighted by Gasteiger charge is 2.22. The predicted molar refractivity (Wildman–Crippen MR) is 67.8 cm³/mol. The quantitative estimate of drug-likeness (QED) is 0.792. The van der Waals surface area contributed by atoms with Crippen molar-refractivity contribution in [1.29, 1.82) is 0 Å². The van der Waals surface area contributed by atoms with Gasteiger partial charge in [0.1, 0.15) is 5.60 Å². The molecular weight excluding hydrogens is 234 g/mol. The molecular formula is C12H23N3O3. The molecule has 6 heteroatoms. The minimum Gasteiger partial charge on any atom is -0.444 e. The first kappa shape index (κ1) is 14.8. The smallest absolute Gasteiger partial charge is 0.407 e. The zero-order valence-electron chi connectivity index (χ0n) is 11.6. The van der Waals surface area contributed by atoms with Crippen molar-refractivity contribution in [2.75, 3.05) is 13.1 Å². The van der Waals surface area contributed by atoms with Crippen molar-refractivity contribution in [3.05, 3.63) is 0 Å². The molecule has 0 bridgehead atoms. The topological polar surface area (TPSA) is 70.7 Å². The van der Waals surface area contributed by atoms with Gasteiger partial charge in [0.2, 0.25) is 5.91 Å². The van der Waals surface area contributed by atoms with Gasteiger partial charge in [0.15, 0.2) is 0 Å². The predicted octanol–water partition coefficient (Wildman–Crippen LogP) is 1.03. The van der Waals surface area contributed by atoms with Crippen LogP contribution in [0.2, 0.25) is 0 Å². The van der Waals surface area contributed by atoms with Crippen LogP contribution in [0, 0.1) is 0 Å². The Hall–Kier alpha value is -1.30. The zero-order chi connectivity index (χ0) is 13.8. The van der Waals surface area contributed by atoms with E-state index in [0.29, 0.717) is 13.0 Å². The van der Waals surface area contributed by atoms with Crippen LogP contribution in [0.1, 0.15) is 40.5 Å². The number of carbonyl (C=O) groups excluding carboxylic acids is 2. The molecule has 0 aromatic heterocycles. The molecule has 1 saturated heterocycles. The lowest BCUT2D eigenvalue weighted by Gasteiger charge is -2.30. The molecule has 0 radical (unpaired) electrons. The van der Waals surface area contributed by atoms with Crippen LogP contribution in [-0.4, -0.2) is 41.7 Å². The molecule has 6 nitrogen and oxygen atoms in total. The summed E-state index contributed by atoms with van der Waals surface area (Å²) in [5.41, 5.74) is 2.50. The van der Waals surface area contributed by atoms with Gasteiger partial charge in [-0.3, -0.25) is 9.80 Å². The van der Waals surface area contributed by atoms with E-state index in [2.05, 4.69) is 10.7 Å². The summed E-state index contributed by atoms with van der Waals surface area (Å²) in [6.07, 6.45) is 0.967. The number of nitrogens with one attached hydrogen (secondary N) is 2. The third kappa shape index (κ3) is 5.35. The summed E-state index contributed by atoms with van der Waals surface area (Å²) >= 11 is 0. The Morgan fingerprint density at radius 3 is 2.78 bits per heavy atom. The normalized spacial score (nSPS) is 18.4. The van der Waals surface area contributed by atoms with Crippen molar-refractivity contribution in [2.24, 2.45) is 0 Å². The number of hydrogen-bond acceptors (Lipinski definition) is 4. The lowest BCUT2D eigenvalue weighted by atomic mass is 10.2. The van der Waals surface area contributed by atoms with E-state index < -0.39 is 11.7 Å². The van der Waals surface area contributed by atoms with E-state index in [1.54, 1.807) is 5.01 Å². The van der Waals surface area contributed by atoms with E-state index in [1.165, 1.54) is 0 Å². The number of hydrazine groups is 1. The highest BCUT2D eigenvalue weighted by Crippen LogP contribution is 2.07. The SMILES string of the molecule is CC(CN1NCCCC1=O)NC(=O)OC(C)(C)C. The van der Waals surface area contributed by atoms with Crippen LogP contribution in [0.3, 0.4) is 0 Å². The second-order valence-electron chi connectivity index (χ2n) is 5.56. The number of amides is 2. The molecule has 1 aliphatic rings. The van der Waals surface area contributed by atoms with Gasteiger partial charge in [-0.2, -0.15) is 0 Å². The number of rotatable bonds is 3. The molecule has 0 saturated carbocycles. The first-order valence-corrected chi connectivity index (χ1v) is 6.31. The lowest BCUT2D eigenvalue weighted by Crippen LogP contribution is -2.53. The van der Waals surface area contributed by atoms with Crippen LogP contribution in [-0.2, 0) is 9.53 Å². The standard InChI is InChI=1S/C12H23N3O3/c1-9(14-11(17)18-12(2,3)4)8-15-10(16)6-5-7-13-15/h9,13H,5-8H2,1-4H3,(H,14,17). The average Bonchev–Trinajstić information content (AvgIpc) is 2.18. The molecule has 0 aromatic carbocycles. The van der Waals surface area contributed by atoms with Crippen LogP contribution < -0.4 is 10.7 Å². The molecule has 1 atom stereocenters. The molecule has 0 aromatic rings. The molecule has 18 heavy (non-hydrogen) atoms. The summed E-state index contributed by atoms with van der Waals surface area (Å²) in [6.45, 7) is 8.52. The highest BCUT2D eigenvalue weighted by molar-refractivity contribution is 5.76. The first-order valence-electron chi connectivity index (χ1n) is 6.31. The fraction of sp³-hybridized carbons (Fsp3) is 0.833. The van der Waals surface area contributed by atoms with Crippen molar-refractivity contribution in [3.63, 3.8) is 0 Å². The summed E-state index contributed by atoms with van der Waals surface area (Å²) < 4.78 is 5.15. The maximum absolute atomic E-state index is 11.6. The van der Waals surface area contributed by atoms with Crippen molar-refractivity contribution >= 4 is 12.0 Å². The van der Waals surface area contributed by atoms with Crippen LogP contribution in [0.15, 0.2) is 0 Å². The summed E-state index contributed by atoms with van der Waals surface area (Å²) in [5, 5.41) is 4.27. The molecule has 1 unspecified atom stereocenters. The Morgan fingerprint density at radius 2 is 2.22 bits per heavy atom. The zero-order valence-corrected chi connectivity index (χ0v) is 11.6. The van der Waals surface area contributed by atoms with E-state index in [9.17, 15) is 9.59 Å². The molecule has 104 valence electrons. The van der Waals surface area contributed by atoms with Gasteiger partial charge in [0.05, 0.1) is 6.54 Å². The molecule has 2 amide bonds. The minimum atomic E-state index is -0.511. The fourth-order valence-electron chi connectivity index (χ4n) is 1.67. The number of hydrogen-bond donors (Lipinski definition) is 2. The average molecular weight is 257 g/mol. The van der Waals surface area contributed by atoms with Crippen molar-refractivity contribution in [3.8, 4) is 0 Å². The number of nitrogens with zero attached hydrogens (tertiary/aromatic N) is 1. The number of alkyl carbamates (subject to hydrolysis) is 1. The molecule has 1 heterocycles. The van der Waals surface area contributed by atoms with Crippen LogP contribution in [0.5, 0.6) is 0 Å². The van der Waals surface area contributed by atoms with Gasteiger partial charge in [-0.05, 0) is 34.1 Å². The Kier molecular flexibility index (Phi) is 4.95. The van der Waals surface area contributed by atoms with Crippen molar-refractivity contribution in [1.82, 2.24) is 15.8 Å².